The van der Waals surface area contributed by atoms with E-state index in [-0.39, 0.29) is 0 Å². The number of rotatable bonds is 4. The summed E-state index contributed by atoms with van der Waals surface area (Å²) in [5.74, 6) is 0.875. The van der Waals surface area contributed by atoms with Gasteiger partial charge in [0.25, 0.3) is 0 Å². The first-order chi connectivity index (χ1) is 14.6. The highest BCUT2D eigenvalue weighted by Gasteiger charge is 2.10. The van der Waals surface area contributed by atoms with Crippen molar-refractivity contribution < 1.29 is 14.3 Å². The largest absolute Gasteiger partial charge is 0.519 e. The molecule has 0 radical (unpaired) electrons. The second-order valence-corrected chi connectivity index (χ2v) is 7.24. The van der Waals surface area contributed by atoms with E-state index in [1.54, 1.807) is 12.1 Å². The van der Waals surface area contributed by atoms with Gasteiger partial charge in [0.2, 0.25) is 0 Å². The second kappa shape index (κ2) is 8.66. The minimum atomic E-state index is -0.767. The van der Waals surface area contributed by atoms with Gasteiger partial charge in [-0.05, 0) is 60.4 Å². The molecule has 0 aliphatic carbocycles. The van der Waals surface area contributed by atoms with E-state index in [0.29, 0.717) is 11.5 Å². The van der Waals surface area contributed by atoms with Crippen LogP contribution < -0.4 is 9.47 Å². The molecular formula is C27H22O3. The fourth-order valence-corrected chi connectivity index (χ4v) is 3.18. The third-order valence-corrected chi connectivity index (χ3v) is 4.84. The molecule has 0 heterocycles. The van der Waals surface area contributed by atoms with Crippen LogP contribution in [0.15, 0.2) is 97.1 Å². The van der Waals surface area contributed by atoms with E-state index in [9.17, 15) is 4.79 Å². The Balaban J connectivity index is 1.46. The molecule has 4 rings (SSSR count). The lowest BCUT2D eigenvalue weighted by Gasteiger charge is -2.09. The second-order valence-electron chi connectivity index (χ2n) is 7.24. The Morgan fingerprint density at radius 2 is 0.933 bits per heavy atom. The summed E-state index contributed by atoms with van der Waals surface area (Å²) in [7, 11) is 0. The van der Waals surface area contributed by atoms with Crippen LogP contribution in [0.25, 0.3) is 22.3 Å². The summed E-state index contributed by atoms with van der Waals surface area (Å²) < 4.78 is 10.8. The molecule has 0 aromatic heterocycles. The SMILES string of the molecule is Cc1ccc(-c2cccc(OC(=O)Oc3cccc(-c4ccc(C)cc4)c3)c2)cc1. The molecule has 3 heteroatoms. The van der Waals surface area contributed by atoms with Crippen LogP contribution in [0.3, 0.4) is 0 Å². The first-order valence-corrected chi connectivity index (χ1v) is 9.81. The number of benzene rings is 4. The Kier molecular flexibility index (Phi) is 5.62. The van der Waals surface area contributed by atoms with Gasteiger partial charge in [-0.3, -0.25) is 0 Å². The molecule has 0 N–H and O–H groups in total. The van der Waals surface area contributed by atoms with Crippen LogP contribution in [-0.4, -0.2) is 6.16 Å². The summed E-state index contributed by atoms with van der Waals surface area (Å²) in [5, 5.41) is 0. The van der Waals surface area contributed by atoms with E-state index >= 15 is 0 Å². The molecule has 30 heavy (non-hydrogen) atoms. The molecule has 0 spiro atoms. The van der Waals surface area contributed by atoms with Gasteiger partial charge in [0.15, 0.2) is 0 Å². The van der Waals surface area contributed by atoms with Crippen molar-refractivity contribution in [2.75, 3.05) is 0 Å². The van der Waals surface area contributed by atoms with E-state index in [1.165, 1.54) is 11.1 Å². The fourth-order valence-electron chi connectivity index (χ4n) is 3.18. The number of hydrogen-bond donors (Lipinski definition) is 0. The Hall–Kier alpha value is -3.85. The molecule has 4 aromatic carbocycles. The van der Waals surface area contributed by atoms with Crippen molar-refractivity contribution in [2.45, 2.75) is 13.8 Å². The molecule has 4 aromatic rings. The van der Waals surface area contributed by atoms with Gasteiger partial charge in [-0.25, -0.2) is 4.79 Å². The quantitative estimate of drug-likeness (QED) is 0.271. The van der Waals surface area contributed by atoms with Gasteiger partial charge in [0, 0.05) is 0 Å². The van der Waals surface area contributed by atoms with Gasteiger partial charge >= 0.3 is 6.16 Å². The highest BCUT2D eigenvalue weighted by atomic mass is 16.7. The molecule has 0 saturated heterocycles. The van der Waals surface area contributed by atoms with Crippen molar-refractivity contribution in [3.63, 3.8) is 0 Å². The molecule has 3 nitrogen and oxygen atoms in total. The highest BCUT2D eigenvalue weighted by molar-refractivity contribution is 5.71. The monoisotopic (exact) mass is 394 g/mol. The lowest BCUT2D eigenvalue weighted by Crippen LogP contribution is -2.13. The van der Waals surface area contributed by atoms with E-state index in [2.05, 4.69) is 24.3 Å². The Labute approximate surface area is 176 Å². The number of aryl methyl sites for hydroxylation is 2. The van der Waals surface area contributed by atoms with Crippen molar-refractivity contribution in [1.82, 2.24) is 0 Å². The van der Waals surface area contributed by atoms with Crippen molar-refractivity contribution >= 4 is 6.16 Å². The predicted molar refractivity (Wildman–Crippen MR) is 120 cm³/mol. The first-order valence-electron chi connectivity index (χ1n) is 9.81. The zero-order chi connectivity index (χ0) is 20.9. The molecule has 0 saturated carbocycles. The van der Waals surface area contributed by atoms with Crippen LogP contribution in [0.1, 0.15) is 11.1 Å². The van der Waals surface area contributed by atoms with E-state index < -0.39 is 6.16 Å². The van der Waals surface area contributed by atoms with Crippen LogP contribution in [0.5, 0.6) is 11.5 Å². The average molecular weight is 394 g/mol. The molecule has 0 aliphatic heterocycles. The normalized spacial score (nSPS) is 10.5. The third-order valence-electron chi connectivity index (χ3n) is 4.84. The molecule has 148 valence electrons. The molecule has 0 unspecified atom stereocenters. The smallest absolute Gasteiger partial charge is 0.395 e. The minimum Gasteiger partial charge on any atom is -0.395 e. The third kappa shape index (κ3) is 4.76. The van der Waals surface area contributed by atoms with Gasteiger partial charge in [0.1, 0.15) is 11.5 Å². The molecule has 0 bridgehead atoms. The van der Waals surface area contributed by atoms with Crippen LogP contribution in [0.4, 0.5) is 4.79 Å². The first kappa shape index (κ1) is 19.5. The van der Waals surface area contributed by atoms with Crippen LogP contribution in [-0.2, 0) is 0 Å². The Morgan fingerprint density at radius 1 is 0.533 bits per heavy atom. The van der Waals surface area contributed by atoms with Crippen LogP contribution in [0.2, 0.25) is 0 Å². The standard InChI is InChI=1S/C27H22O3/c1-19-9-13-21(14-10-19)23-5-3-7-25(17-23)29-27(28)30-26-8-4-6-24(18-26)22-15-11-20(2)12-16-22/h3-18H,1-2H3. The Bertz CT molecular complexity index is 1070. The van der Waals surface area contributed by atoms with E-state index in [4.69, 9.17) is 9.47 Å². The average Bonchev–Trinajstić information content (AvgIpc) is 2.75. The van der Waals surface area contributed by atoms with Crippen molar-refractivity contribution in [3.8, 4) is 33.8 Å². The maximum Gasteiger partial charge on any atom is 0.519 e. The van der Waals surface area contributed by atoms with Gasteiger partial charge in [-0.1, -0.05) is 83.9 Å². The summed E-state index contributed by atoms with van der Waals surface area (Å²) in [6.07, 6.45) is -0.767. The number of carbonyl (C=O) groups is 1. The Morgan fingerprint density at radius 3 is 1.33 bits per heavy atom. The van der Waals surface area contributed by atoms with Gasteiger partial charge in [-0.15, -0.1) is 0 Å². The number of hydrogen-bond acceptors (Lipinski definition) is 3. The zero-order valence-corrected chi connectivity index (χ0v) is 17.0. The summed E-state index contributed by atoms with van der Waals surface area (Å²) in [4.78, 5) is 12.3. The fraction of sp³-hybridized carbons (Fsp3) is 0.0741. The minimum absolute atomic E-state index is 0.438. The maximum atomic E-state index is 12.3. The predicted octanol–water partition coefficient (Wildman–Crippen LogP) is 7.22. The van der Waals surface area contributed by atoms with Crippen LogP contribution in [0, 0.1) is 13.8 Å². The number of ether oxygens (including phenoxy) is 2. The highest BCUT2D eigenvalue weighted by Crippen LogP contribution is 2.26. The molecular weight excluding hydrogens is 372 g/mol. The van der Waals surface area contributed by atoms with Crippen molar-refractivity contribution in [3.05, 3.63) is 108 Å². The van der Waals surface area contributed by atoms with Crippen molar-refractivity contribution in [2.24, 2.45) is 0 Å². The zero-order valence-electron chi connectivity index (χ0n) is 17.0. The molecule has 0 fully saturated rings. The van der Waals surface area contributed by atoms with Crippen molar-refractivity contribution in [1.29, 1.82) is 0 Å². The maximum absolute atomic E-state index is 12.3. The van der Waals surface area contributed by atoms with Crippen LogP contribution >= 0.6 is 0 Å². The van der Waals surface area contributed by atoms with Gasteiger partial charge in [-0.2, -0.15) is 0 Å². The number of carbonyl (C=O) groups excluding carboxylic acids is 1. The summed E-state index contributed by atoms with van der Waals surface area (Å²) in [6, 6.07) is 31.2. The molecule has 0 aliphatic rings. The van der Waals surface area contributed by atoms with Gasteiger partial charge in [0.05, 0.1) is 0 Å². The van der Waals surface area contributed by atoms with E-state index in [0.717, 1.165) is 22.3 Å². The summed E-state index contributed by atoms with van der Waals surface area (Å²) in [6.45, 7) is 4.10. The van der Waals surface area contributed by atoms with E-state index in [1.807, 2.05) is 74.5 Å². The lowest BCUT2D eigenvalue weighted by molar-refractivity contribution is 0.152. The van der Waals surface area contributed by atoms with Gasteiger partial charge < -0.3 is 9.47 Å². The lowest BCUT2D eigenvalue weighted by atomic mass is 10.0. The summed E-state index contributed by atoms with van der Waals surface area (Å²) in [5.41, 5.74) is 6.46. The topological polar surface area (TPSA) is 35.5 Å². The molecule has 0 atom stereocenters. The molecule has 0 amide bonds. The summed E-state index contributed by atoms with van der Waals surface area (Å²) >= 11 is 0.